The van der Waals surface area contributed by atoms with Crippen molar-refractivity contribution in [3.8, 4) is 17.1 Å². The van der Waals surface area contributed by atoms with Crippen LogP contribution in [-0.4, -0.2) is 33.2 Å². The molecule has 2 aromatic carbocycles. The van der Waals surface area contributed by atoms with E-state index in [2.05, 4.69) is 25.5 Å². The molecule has 130 valence electrons. The third-order valence-corrected chi connectivity index (χ3v) is 4.18. The zero-order valence-electron chi connectivity index (χ0n) is 14.1. The Morgan fingerprint density at radius 3 is 2.77 bits per heavy atom. The Bertz CT molecular complexity index is 1040. The van der Waals surface area contributed by atoms with E-state index in [1.807, 2.05) is 48.7 Å². The second kappa shape index (κ2) is 6.72. The van der Waals surface area contributed by atoms with Gasteiger partial charge in [-0.05, 0) is 48.0 Å². The predicted molar refractivity (Wildman–Crippen MR) is 99.0 cm³/mol. The first-order valence-corrected chi connectivity index (χ1v) is 8.12. The third kappa shape index (κ3) is 3.14. The van der Waals surface area contributed by atoms with Crippen LogP contribution in [0.1, 0.15) is 5.56 Å². The summed E-state index contributed by atoms with van der Waals surface area (Å²) >= 11 is 0. The van der Waals surface area contributed by atoms with Crippen molar-refractivity contribution in [1.82, 2.24) is 20.2 Å². The molecule has 0 bridgehead atoms. The molecule has 2 aromatic heterocycles. The quantitative estimate of drug-likeness (QED) is 0.517. The van der Waals surface area contributed by atoms with E-state index in [0.29, 0.717) is 5.82 Å². The molecule has 0 spiro atoms. The number of ether oxygens (including phenoxy) is 1. The summed E-state index contributed by atoms with van der Waals surface area (Å²) in [4.78, 5) is 19.7. The Balaban J connectivity index is 1.47. The molecule has 0 unspecified atom stereocenters. The number of methoxy groups -OCH3 is 1. The number of fused-ring (bicyclic) bond motifs is 1. The van der Waals surface area contributed by atoms with Gasteiger partial charge in [0.15, 0.2) is 5.82 Å². The minimum atomic E-state index is -0.0823. The second-order valence-electron chi connectivity index (χ2n) is 5.86. The number of rotatable bonds is 5. The van der Waals surface area contributed by atoms with Crippen molar-refractivity contribution in [1.29, 1.82) is 0 Å². The average Bonchev–Trinajstić information content (AvgIpc) is 3.32. The molecule has 0 aliphatic carbocycles. The lowest BCUT2D eigenvalue weighted by Crippen LogP contribution is -2.14. The molecule has 0 aliphatic heterocycles. The van der Waals surface area contributed by atoms with Crippen LogP contribution < -0.4 is 10.1 Å². The molecular formula is C19H17N5O2. The molecule has 7 heteroatoms. The van der Waals surface area contributed by atoms with E-state index < -0.39 is 0 Å². The van der Waals surface area contributed by atoms with Gasteiger partial charge < -0.3 is 15.0 Å². The number of carbonyl (C=O) groups excluding carboxylic acids is 1. The number of anilines is 1. The van der Waals surface area contributed by atoms with E-state index in [1.165, 1.54) is 6.33 Å². The number of hydrogen-bond acceptors (Lipinski definition) is 4. The molecule has 0 atom stereocenters. The fourth-order valence-corrected chi connectivity index (χ4v) is 2.86. The lowest BCUT2D eigenvalue weighted by atomic mass is 10.1. The molecule has 0 radical (unpaired) electrons. The van der Waals surface area contributed by atoms with Gasteiger partial charge in [-0.1, -0.05) is 0 Å². The summed E-state index contributed by atoms with van der Waals surface area (Å²) in [5.74, 6) is 1.37. The number of aromatic nitrogens is 4. The van der Waals surface area contributed by atoms with Crippen LogP contribution in [0.15, 0.2) is 55.0 Å². The standard InChI is InChI=1S/C19H17N5O2/c1-26-15-6-7-17-16(9-15)13(10-20-17)8-18(25)23-14-4-2-12(3-5-14)19-21-11-22-24-19/h2-7,9-11,20H,8H2,1H3,(H,23,25)(H,21,22,24). The van der Waals surface area contributed by atoms with Crippen molar-refractivity contribution >= 4 is 22.5 Å². The molecular weight excluding hydrogens is 330 g/mol. The number of H-pyrrole nitrogens is 2. The summed E-state index contributed by atoms with van der Waals surface area (Å²) < 4.78 is 5.26. The second-order valence-corrected chi connectivity index (χ2v) is 5.86. The fourth-order valence-electron chi connectivity index (χ4n) is 2.86. The summed E-state index contributed by atoms with van der Waals surface area (Å²) in [6, 6.07) is 13.2. The highest BCUT2D eigenvalue weighted by Crippen LogP contribution is 2.24. The lowest BCUT2D eigenvalue weighted by Gasteiger charge is -2.06. The van der Waals surface area contributed by atoms with Gasteiger partial charge in [0, 0.05) is 28.4 Å². The van der Waals surface area contributed by atoms with Crippen LogP contribution in [0.5, 0.6) is 5.75 Å². The summed E-state index contributed by atoms with van der Waals surface area (Å²) in [6.45, 7) is 0. The Kier molecular flexibility index (Phi) is 4.10. The Labute approximate surface area is 149 Å². The molecule has 0 aliphatic rings. The van der Waals surface area contributed by atoms with E-state index in [4.69, 9.17) is 4.74 Å². The zero-order valence-corrected chi connectivity index (χ0v) is 14.1. The Morgan fingerprint density at radius 1 is 1.19 bits per heavy atom. The van der Waals surface area contributed by atoms with E-state index in [1.54, 1.807) is 7.11 Å². The van der Waals surface area contributed by atoms with Gasteiger partial charge in [0.2, 0.25) is 5.91 Å². The highest BCUT2D eigenvalue weighted by atomic mass is 16.5. The Hall–Kier alpha value is -3.61. The van der Waals surface area contributed by atoms with Crippen LogP contribution in [0.2, 0.25) is 0 Å². The lowest BCUT2D eigenvalue weighted by molar-refractivity contribution is -0.115. The third-order valence-electron chi connectivity index (χ3n) is 4.18. The van der Waals surface area contributed by atoms with E-state index >= 15 is 0 Å². The van der Waals surface area contributed by atoms with Crippen molar-refractivity contribution in [3.63, 3.8) is 0 Å². The molecule has 4 aromatic rings. The maximum atomic E-state index is 12.4. The van der Waals surface area contributed by atoms with Crippen LogP contribution in [0, 0.1) is 0 Å². The van der Waals surface area contributed by atoms with E-state index in [0.717, 1.165) is 33.5 Å². The molecule has 4 rings (SSSR count). The highest BCUT2D eigenvalue weighted by Gasteiger charge is 2.10. The molecule has 0 saturated carbocycles. The molecule has 26 heavy (non-hydrogen) atoms. The number of benzene rings is 2. The monoisotopic (exact) mass is 347 g/mol. The van der Waals surface area contributed by atoms with Crippen LogP contribution in [0.3, 0.4) is 0 Å². The number of amides is 1. The maximum Gasteiger partial charge on any atom is 0.228 e. The fraction of sp³-hybridized carbons (Fsp3) is 0.105. The molecule has 3 N–H and O–H groups in total. The largest absolute Gasteiger partial charge is 0.497 e. The van der Waals surface area contributed by atoms with Gasteiger partial charge in [0.05, 0.1) is 13.5 Å². The van der Waals surface area contributed by atoms with Gasteiger partial charge in [-0.25, -0.2) is 4.98 Å². The Morgan fingerprint density at radius 2 is 2.04 bits per heavy atom. The topological polar surface area (TPSA) is 95.7 Å². The number of hydrogen-bond donors (Lipinski definition) is 3. The zero-order chi connectivity index (χ0) is 17.9. The van der Waals surface area contributed by atoms with Gasteiger partial charge in [0.25, 0.3) is 0 Å². The molecule has 7 nitrogen and oxygen atoms in total. The minimum absolute atomic E-state index is 0.0823. The first kappa shape index (κ1) is 15.9. The minimum Gasteiger partial charge on any atom is -0.497 e. The maximum absolute atomic E-state index is 12.4. The van der Waals surface area contributed by atoms with E-state index in [-0.39, 0.29) is 12.3 Å². The van der Waals surface area contributed by atoms with Crippen molar-refractivity contribution in [2.24, 2.45) is 0 Å². The van der Waals surface area contributed by atoms with Crippen LogP contribution in [-0.2, 0) is 11.2 Å². The first-order valence-electron chi connectivity index (χ1n) is 8.12. The first-order chi connectivity index (χ1) is 12.7. The SMILES string of the molecule is COc1ccc2[nH]cc(CC(=O)Nc3ccc(-c4ncn[nH]4)cc3)c2c1. The molecule has 0 saturated heterocycles. The van der Waals surface area contributed by atoms with Crippen molar-refractivity contribution in [3.05, 3.63) is 60.6 Å². The van der Waals surface area contributed by atoms with Crippen molar-refractivity contribution in [2.45, 2.75) is 6.42 Å². The van der Waals surface area contributed by atoms with Crippen LogP contribution >= 0.6 is 0 Å². The van der Waals surface area contributed by atoms with Gasteiger partial charge >= 0.3 is 0 Å². The molecule has 2 heterocycles. The smallest absolute Gasteiger partial charge is 0.228 e. The number of carbonyl (C=O) groups is 1. The van der Waals surface area contributed by atoms with E-state index in [9.17, 15) is 4.79 Å². The van der Waals surface area contributed by atoms with Gasteiger partial charge in [-0.15, -0.1) is 0 Å². The number of aromatic amines is 2. The van der Waals surface area contributed by atoms with Crippen molar-refractivity contribution in [2.75, 3.05) is 12.4 Å². The number of nitrogens with zero attached hydrogens (tertiary/aromatic N) is 2. The highest BCUT2D eigenvalue weighted by molar-refractivity contribution is 5.96. The average molecular weight is 347 g/mol. The van der Waals surface area contributed by atoms with Crippen molar-refractivity contribution < 1.29 is 9.53 Å². The van der Waals surface area contributed by atoms with Gasteiger partial charge in [0.1, 0.15) is 12.1 Å². The molecule has 1 amide bonds. The molecule has 0 fully saturated rings. The van der Waals surface area contributed by atoms with Crippen LogP contribution in [0.25, 0.3) is 22.3 Å². The summed E-state index contributed by atoms with van der Waals surface area (Å²) in [5.41, 5.74) is 3.54. The summed E-state index contributed by atoms with van der Waals surface area (Å²) in [6.07, 6.45) is 3.59. The van der Waals surface area contributed by atoms with Gasteiger partial charge in [-0.3, -0.25) is 9.89 Å². The normalized spacial score (nSPS) is 10.8. The van der Waals surface area contributed by atoms with Crippen LogP contribution in [0.4, 0.5) is 5.69 Å². The predicted octanol–water partition coefficient (Wildman–Crippen LogP) is 3.14. The number of nitrogens with one attached hydrogen (secondary N) is 3. The summed E-state index contributed by atoms with van der Waals surface area (Å²) in [5, 5.41) is 10.5. The summed E-state index contributed by atoms with van der Waals surface area (Å²) in [7, 11) is 1.63. The van der Waals surface area contributed by atoms with Gasteiger partial charge in [-0.2, -0.15) is 5.10 Å².